The van der Waals surface area contributed by atoms with Crippen molar-refractivity contribution in [3.63, 3.8) is 0 Å². The minimum atomic E-state index is -0.899. The molecule has 142 valence electrons. The van der Waals surface area contributed by atoms with Gasteiger partial charge < -0.3 is 15.8 Å². The van der Waals surface area contributed by atoms with Gasteiger partial charge in [0.25, 0.3) is 0 Å². The van der Waals surface area contributed by atoms with E-state index in [9.17, 15) is 9.59 Å². The number of carbonyl (C=O) groups is 2. The van der Waals surface area contributed by atoms with Gasteiger partial charge in [0.15, 0.2) is 0 Å². The molecule has 0 saturated heterocycles. The van der Waals surface area contributed by atoms with Crippen molar-refractivity contribution in [3.8, 4) is 0 Å². The summed E-state index contributed by atoms with van der Waals surface area (Å²) in [5.74, 6) is -1.04. The first-order chi connectivity index (χ1) is 13.6. The molecule has 5 nitrogen and oxygen atoms in total. The zero-order valence-electron chi connectivity index (χ0n) is 15.3. The maximum atomic E-state index is 12.5. The second-order valence-electron chi connectivity index (χ2n) is 6.33. The molecule has 0 unspecified atom stereocenters. The topological polar surface area (TPSA) is 81.4 Å². The molecule has 2 amide bonds. The largest absolute Gasteiger partial charge is 0.368 e. The molecule has 3 N–H and O–H groups in total. The SMILES string of the molecule is NC(=O)[C@H](NC(=O)COC(c1ccccc1)c1ccccc1)c1ccccc1. The highest BCUT2D eigenvalue weighted by Gasteiger charge is 2.21. The van der Waals surface area contributed by atoms with Crippen LogP contribution in [-0.2, 0) is 14.3 Å². The summed E-state index contributed by atoms with van der Waals surface area (Å²) >= 11 is 0. The molecule has 3 aromatic rings. The van der Waals surface area contributed by atoms with Crippen molar-refractivity contribution in [3.05, 3.63) is 108 Å². The standard InChI is InChI=1S/C23H22N2O3/c24-23(27)21(17-10-4-1-5-11-17)25-20(26)16-28-22(18-12-6-2-7-13-18)19-14-8-3-9-15-19/h1-15,21-22H,16H2,(H2,24,27)(H,25,26)/t21-/m1/s1. The molecule has 0 aliphatic carbocycles. The van der Waals surface area contributed by atoms with Crippen molar-refractivity contribution >= 4 is 11.8 Å². The highest BCUT2D eigenvalue weighted by Crippen LogP contribution is 2.25. The number of nitrogens with one attached hydrogen (secondary N) is 1. The Balaban J connectivity index is 1.71. The lowest BCUT2D eigenvalue weighted by Crippen LogP contribution is -2.39. The molecule has 5 heteroatoms. The summed E-state index contributed by atoms with van der Waals surface area (Å²) in [6.45, 7) is -0.203. The number of benzene rings is 3. The fourth-order valence-electron chi connectivity index (χ4n) is 2.97. The smallest absolute Gasteiger partial charge is 0.246 e. The molecular weight excluding hydrogens is 352 g/mol. The summed E-state index contributed by atoms with van der Waals surface area (Å²) in [5.41, 5.74) is 7.97. The van der Waals surface area contributed by atoms with Gasteiger partial charge in [0.05, 0.1) is 0 Å². The highest BCUT2D eigenvalue weighted by molar-refractivity contribution is 5.88. The minimum Gasteiger partial charge on any atom is -0.368 e. The summed E-state index contributed by atoms with van der Waals surface area (Å²) in [4.78, 5) is 24.2. The zero-order valence-corrected chi connectivity index (χ0v) is 15.3. The molecule has 28 heavy (non-hydrogen) atoms. The Bertz CT molecular complexity index is 859. The predicted octanol–water partition coefficient (Wildman–Crippen LogP) is 3.14. The Morgan fingerprint density at radius 2 is 1.18 bits per heavy atom. The molecule has 0 radical (unpaired) electrons. The van der Waals surface area contributed by atoms with Crippen LogP contribution < -0.4 is 11.1 Å². The summed E-state index contributed by atoms with van der Waals surface area (Å²) in [7, 11) is 0. The zero-order chi connectivity index (χ0) is 19.8. The second-order valence-corrected chi connectivity index (χ2v) is 6.33. The van der Waals surface area contributed by atoms with Crippen molar-refractivity contribution in [1.29, 1.82) is 0 Å². The number of rotatable bonds is 8. The van der Waals surface area contributed by atoms with Gasteiger partial charge in [-0.15, -0.1) is 0 Å². The Labute approximate surface area is 164 Å². The molecule has 0 bridgehead atoms. The quantitative estimate of drug-likeness (QED) is 0.636. The van der Waals surface area contributed by atoms with Crippen molar-refractivity contribution in [2.75, 3.05) is 6.61 Å². The summed E-state index contributed by atoms with van der Waals surface area (Å²) < 4.78 is 5.93. The summed E-state index contributed by atoms with van der Waals surface area (Å²) in [5, 5.41) is 2.65. The van der Waals surface area contributed by atoms with Crippen LogP contribution in [0.15, 0.2) is 91.0 Å². The number of carbonyl (C=O) groups excluding carboxylic acids is 2. The minimum absolute atomic E-state index is 0.203. The lowest BCUT2D eigenvalue weighted by atomic mass is 10.0. The fourth-order valence-corrected chi connectivity index (χ4v) is 2.97. The molecule has 0 heterocycles. The van der Waals surface area contributed by atoms with E-state index in [1.165, 1.54) is 0 Å². The van der Waals surface area contributed by atoms with E-state index in [2.05, 4.69) is 5.32 Å². The maximum absolute atomic E-state index is 12.5. The molecule has 0 aliphatic heterocycles. The van der Waals surface area contributed by atoms with E-state index in [4.69, 9.17) is 10.5 Å². The van der Waals surface area contributed by atoms with Crippen molar-refractivity contribution in [2.24, 2.45) is 5.73 Å². The number of primary amides is 1. The molecule has 3 rings (SSSR count). The van der Waals surface area contributed by atoms with Gasteiger partial charge in [-0.25, -0.2) is 0 Å². The molecule has 0 fully saturated rings. The van der Waals surface area contributed by atoms with E-state index in [1.54, 1.807) is 24.3 Å². The fraction of sp³-hybridized carbons (Fsp3) is 0.130. The Kier molecular flexibility index (Phi) is 6.54. The van der Waals surface area contributed by atoms with Crippen LogP contribution in [0.3, 0.4) is 0 Å². The first-order valence-corrected chi connectivity index (χ1v) is 9.00. The Hall–Kier alpha value is -3.44. The number of hydrogen-bond donors (Lipinski definition) is 2. The predicted molar refractivity (Wildman–Crippen MR) is 107 cm³/mol. The molecular formula is C23H22N2O3. The van der Waals surface area contributed by atoms with Gasteiger partial charge >= 0.3 is 0 Å². The van der Waals surface area contributed by atoms with E-state index in [1.807, 2.05) is 66.7 Å². The Morgan fingerprint density at radius 3 is 1.61 bits per heavy atom. The number of amides is 2. The summed E-state index contributed by atoms with van der Waals surface area (Å²) in [6.07, 6.45) is -0.392. The molecule has 3 aromatic carbocycles. The van der Waals surface area contributed by atoms with E-state index in [0.717, 1.165) is 11.1 Å². The van der Waals surface area contributed by atoms with Crippen molar-refractivity contribution in [2.45, 2.75) is 12.1 Å². The van der Waals surface area contributed by atoms with E-state index < -0.39 is 24.0 Å². The third-order valence-corrected chi connectivity index (χ3v) is 4.31. The molecule has 0 spiro atoms. The maximum Gasteiger partial charge on any atom is 0.246 e. The third kappa shape index (κ3) is 5.05. The first-order valence-electron chi connectivity index (χ1n) is 9.00. The van der Waals surface area contributed by atoms with Gasteiger partial charge in [-0.3, -0.25) is 9.59 Å². The van der Waals surface area contributed by atoms with Gasteiger partial charge in [-0.1, -0.05) is 91.0 Å². The van der Waals surface area contributed by atoms with Crippen LogP contribution in [0.4, 0.5) is 0 Å². The molecule has 0 aliphatic rings. The lowest BCUT2D eigenvalue weighted by molar-refractivity contribution is -0.131. The first kappa shape index (κ1) is 19.3. The average molecular weight is 374 g/mol. The van der Waals surface area contributed by atoms with Gasteiger partial charge in [0.2, 0.25) is 11.8 Å². The molecule has 0 saturated carbocycles. The number of ether oxygens (including phenoxy) is 1. The van der Waals surface area contributed by atoms with Crippen molar-refractivity contribution < 1.29 is 14.3 Å². The second kappa shape index (κ2) is 9.48. The normalized spacial score (nSPS) is 11.8. The van der Waals surface area contributed by atoms with E-state index >= 15 is 0 Å². The van der Waals surface area contributed by atoms with E-state index in [-0.39, 0.29) is 6.61 Å². The van der Waals surface area contributed by atoms with Crippen LogP contribution >= 0.6 is 0 Å². The lowest BCUT2D eigenvalue weighted by Gasteiger charge is -2.20. The van der Waals surface area contributed by atoms with Crippen LogP contribution in [0.1, 0.15) is 28.8 Å². The number of nitrogens with two attached hydrogens (primary N) is 1. The van der Waals surface area contributed by atoms with Crippen LogP contribution in [0.5, 0.6) is 0 Å². The van der Waals surface area contributed by atoms with Gasteiger partial charge in [-0.2, -0.15) is 0 Å². The highest BCUT2D eigenvalue weighted by atomic mass is 16.5. The number of hydrogen-bond acceptors (Lipinski definition) is 3. The van der Waals surface area contributed by atoms with Gasteiger partial charge in [-0.05, 0) is 16.7 Å². The van der Waals surface area contributed by atoms with Crippen LogP contribution in [0.25, 0.3) is 0 Å². The third-order valence-electron chi connectivity index (χ3n) is 4.31. The van der Waals surface area contributed by atoms with Gasteiger partial charge in [0, 0.05) is 0 Å². The molecule has 1 atom stereocenters. The summed E-state index contributed by atoms with van der Waals surface area (Å²) in [6, 6.07) is 27.3. The monoisotopic (exact) mass is 374 g/mol. The van der Waals surface area contributed by atoms with E-state index in [0.29, 0.717) is 5.56 Å². The molecule has 0 aromatic heterocycles. The van der Waals surface area contributed by atoms with Crippen LogP contribution in [0, 0.1) is 0 Å². The average Bonchev–Trinajstić information content (AvgIpc) is 2.74. The van der Waals surface area contributed by atoms with Crippen LogP contribution in [0.2, 0.25) is 0 Å². The van der Waals surface area contributed by atoms with Crippen molar-refractivity contribution in [1.82, 2.24) is 5.32 Å². The van der Waals surface area contributed by atoms with Crippen LogP contribution in [-0.4, -0.2) is 18.4 Å². The Morgan fingerprint density at radius 1 is 0.750 bits per heavy atom. The van der Waals surface area contributed by atoms with Gasteiger partial charge in [0.1, 0.15) is 18.8 Å².